The number of fused-ring (bicyclic) bond motifs is 1. The summed E-state index contributed by atoms with van der Waals surface area (Å²) in [7, 11) is 0. The Bertz CT molecular complexity index is 655. The van der Waals surface area contributed by atoms with Gasteiger partial charge in [0.2, 0.25) is 0 Å². The normalized spacial score (nSPS) is 10.6. The van der Waals surface area contributed by atoms with E-state index in [1.807, 2.05) is 6.07 Å². The van der Waals surface area contributed by atoms with Crippen LogP contribution in [0.3, 0.4) is 0 Å². The van der Waals surface area contributed by atoms with E-state index in [4.69, 9.17) is 9.15 Å². The molecule has 0 fully saturated rings. The van der Waals surface area contributed by atoms with Gasteiger partial charge < -0.3 is 9.15 Å². The van der Waals surface area contributed by atoms with Crippen molar-refractivity contribution in [3.8, 4) is 0 Å². The summed E-state index contributed by atoms with van der Waals surface area (Å²) < 4.78 is 10.5. The molecule has 1 heterocycles. The largest absolute Gasteiger partial charge is 0.466 e. The van der Waals surface area contributed by atoms with Crippen LogP contribution in [0.4, 0.5) is 0 Å². The molecule has 1 aromatic heterocycles. The molecule has 0 bridgehead atoms. The molecule has 2 rings (SSSR count). The predicted octanol–water partition coefficient (Wildman–Crippen LogP) is 2.60. The van der Waals surface area contributed by atoms with Crippen LogP contribution in [0.1, 0.15) is 24.7 Å². The summed E-state index contributed by atoms with van der Waals surface area (Å²) in [5.41, 5.74) is 1.06. The summed E-state index contributed by atoms with van der Waals surface area (Å²) in [5.74, 6) is 0.266. The molecule has 4 heteroatoms. The first-order chi connectivity index (χ1) is 9.13. The second-order valence-corrected chi connectivity index (χ2v) is 4.27. The topological polar surface area (TPSA) is 56.5 Å². The van der Waals surface area contributed by atoms with Crippen molar-refractivity contribution in [2.75, 3.05) is 6.61 Å². The molecule has 0 saturated carbocycles. The number of para-hydroxylation sites is 1. The Morgan fingerprint density at radius 3 is 2.79 bits per heavy atom. The fraction of sp³-hybridized carbons (Fsp3) is 0.333. The molecule has 19 heavy (non-hydrogen) atoms. The van der Waals surface area contributed by atoms with Gasteiger partial charge in [-0.05, 0) is 32.4 Å². The molecule has 0 radical (unpaired) electrons. The predicted molar refractivity (Wildman–Crippen MR) is 72.2 cm³/mol. The fourth-order valence-corrected chi connectivity index (χ4v) is 2.04. The number of benzene rings is 1. The number of ether oxygens (including phenoxy) is 1. The smallest absolute Gasteiger partial charge is 0.306 e. The van der Waals surface area contributed by atoms with Gasteiger partial charge in [0.25, 0.3) is 0 Å². The highest BCUT2D eigenvalue weighted by Gasteiger charge is 2.13. The van der Waals surface area contributed by atoms with Gasteiger partial charge >= 0.3 is 5.97 Å². The van der Waals surface area contributed by atoms with Gasteiger partial charge in [0, 0.05) is 12.0 Å². The molecular formula is C15H16O4. The Morgan fingerprint density at radius 2 is 2.05 bits per heavy atom. The van der Waals surface area contributed by atoms with Crippen molar-refractivity contribution < 1.29 is 13.9 Å². The first kappa shape index (κ1) is 13.3. The molecule has 1 aromatic carbocycles. The maximum absolute atomic E-state index is 12.3. The standard InChI is InChI=1S/C15H16O4/c1-3-18-14(16)9-8-11-10(2)19-13-7-5-4-6-12(13)15(11)17/h4-7H,3,8-9H2,1-2H3. The summed E-state index contributed by atoms with van der Waals surface area (Å²) in [4.78, 5) is 23.7. The molecule has 0 aliphatic carbocycles. The molecule has 0 amide bonds. The molecule has 0 unspecified atom stereocenters. The second kappa shape index (κ2) is 5.69. The summed E-state index contributed by atoms with van der Waals surface area (Å²) in [5, 5.41) is 0.548. The van der Waals surface area contributed by atoms with E-state index in [2.05, 4.69) is 0 Å². The summed E-state index contributed by atoms with van der Waals surface area (Å²) >= 11 is 0. The molecule has 0 saturated heterocycles. The van der Waals surface area contributed by atoms with Crippen LogP contribution < -0.4 is 5.43 Å². The first-order valence-electron chi connectivity index (χ1n) is 6.30. The Morgan fingerprint density at radius 1 is 1.32 bits per heavy atom. The van der Waals surface area contributed by atoms with Gasteiger partial charge in [-0.3, -0.25) is 9.59 Å². The molecule has 4 nitrogen and oxygen atoms in total. The second-order valence-electron chi connectivity index (χ2n) is 4.27. The highest BCUT2D eigenvalue weighted by Crippen LogP contribution is 2.15. The van der Waals surface area contributed by atoms with Gasteiger partial charge in [-0.25, -0.2) is 0 Å². The molecule has 0 N–H and O–H groups in total. The van der Waals surface area contributed by atoms with Crippen LogP contribution in [0.25, 0.3) is 11.0 Å². The van der Waals surface area contributed by atoms with Crippen LogP contribution in [0.15, 0.2) is 33.5 Å². The lowest BCUT2D eigenvalue weighted by molar-refractivity contribution is -0.143. The summed E-state index contributed by atoms with van der Waals surface area (Å²) in [6, 6.07) is 7.11. The van der Waals surface area contributed by atoms with Gasteiger partial charge in [-0.1, -0.05) is 12.1 Å². The Balaban J connectivity index is 2.33. The molecule has 0 atom stereocenters. The number of rotatable bonds is 4. The van der Waals surface area contributed by atoms with E-state index in [0.717, 1.165) is 0 Å². The van der Waals surface area contributed by atoms with E-state index < -0.39 is 0 Å². The Kier molecular flexibility index (Phi) is 4.00. The van der Waals surface area contributed by atoms with E-state index >= 15 is 0 Å². The van der Waals surface area contributed by atoms with Crippen LogP contribution in [0, 0.1) is 6.92 Å². The summed E-state index contributed by atoms with van der Waals surface area (Å²) in [6.07, 6.45) is 0.537. The van der Waals surface area contributed by atoms with Crippen LogP contribution in [0.5, 0.6) is 0 Å². The van der Waals surface area contributed by atoms with Crippen LogP contribution in [0.2, 0.25) is 0 Å². The van der Waals surface area contributed by atoms with E-state index in [0.29, 0.717) is 35.3 Å². The number of aryl methyl sites for hydroxylation is 1. The van der Waals surface area contributed by atoms with Crippen molar-refractivity contribution in [3.05, 3.63) is 45.8 Å². The summed E-state index contributed by atoms with van der Waals surface area (Å²) in [6.45, 7) is 3.85. The van der Waals surface area contributed by atoms with E-state index in [9.17, 15) is 9.59 Å². The quantitative estimate of drug-likeness (QED) is 0.793. The van der Waals surface area contributed by atoms with Crippen molar-refractivity contribution in [3.63, 3.8) is 0 Å². The van der Waals surface area contributed by atoms with E-state index in [1.165, 1.54) is 0 Å². The lowest BCUT2D eigenvalue weighted by Crippen LogP contribution is -2.14. The monoisotopic (exact) mass is 260 g/mol. The molecule has 100 valence electrons. The SMILES string of the molecule is CCOC(=O)CCc1c(C)oc2ccccc2c1=O. The third-order valence-corrected chi connectivity index (χ3v) is 2.98. The minimum Gasteiger partial charge on any atom is -0.466 e. The van der Waals surface area contributed by atoms with Crippen molar-refractivity contribution in [1.82, 2.24) is 0 Å². The van der Waals surface area contributed by atoms with Gasteiger partial charge in [-0.2, -0.15) is 0 Å². The zero-order chi connectivity index (χ0) is 13.8. The van der Waals surface area contributed by atoms with Crippen molar-refractivity contribution in [2.24, 2.45) is 0 Å². The van der Waals surface area contributed by atoms with Crippen molar-refractivity contribution in [2.45, 2.75) is 26.7 Å². The maximum Gasteiger partial charge on any atom is 0.306 e. The average molecular weight is 260 g/mol. The molecule has 2 aromatic rings. The zero-order valence-corrected chi connectivity index (χ0v) is 11.1. The minimum atomic E-state index is -0.297. The minimum absolute atomic E-state index is 0.0661. The Hall–Kier alpha value is -2.10. The number of hydrogen-bond donors (Lipinski definition) is 0. The number of carbonyl (C=O) groups is 1. The molecular weight excluding hydrogens is 244 g/mol. The number of carbonyl (C=O) groups excluding carboxylic acids is 1. The lowest BCUT2D eigenvalue weighted by atomic mass is 10.1. The average Bonchev–Trinajstić information content (AvgIpc) is 2.39. The van der Waals surface area contributed by atoms with Crippen LogP contribution >= 0.6 is 0 Å². The number of hydrogen-bond acceptors (Lipinski definition) is 4. The fourth-order valence-electron chi connectivity index (χ4n) is 2.04. The first-order valence-corrected chi connectivity index (χ1v) is 6.30. The third kappa shape index (κ3) is 2.84. The van der Waals surface area contributed by atoms with Crippen molar-refractivity contribution in [1.29, 1.82) is 0 Å². The molecule has 0 aliphatic heterocycles. The maximum atomic E-state index is 12.3. The zero-order valence-electron chi connectivity index (χ0n) is 11.1. The number of esters is 1. The highest BCUT2D eigenvalue weighted by molar-refractivity contribution is 5.77. The van der Waals surface area contributed by atoms with Gasteiger partial charge in [0.1, 0.15) is 11.3 Å². The third-order valence-electron chi connectivity index (χ3n) is 2.98. The van der Waals surface area contributed by atoms with Crippen molar-refractivity contribution >= 4 is 16.9 Å². The molecule has 0 spiro atoms. The van der Waals surface area contributed by atoms with Gasteiger partial charge in [0.15, 0.2) is 5.43 Å². The molecule has 0 aliphatic rings. The van der Waals surface area contributed by atoms with Crippen LogP contribution in [-0.4, -0.2) is 12.6 Å². The Labute approximate surface area is 111 Å². The van der Waals surface area contributed by atoms with E-state index in [1.54, 1.807) is 32.0 Å². The van der Waals surface area contributed by atoms with Gasteiger partial charge in [0.05, 0.1) is 12.0 Å². The van der Waals surface area contributed by atoms with Gasteiger partial charge in [-0.15, -0.1) is 0 Å². The van der Waals surface area contributed by atoms with Crippen LogP contribution in [-0.2, 0) is 16.0 Å². The highest BCUT2D eigenvalue weighted by atomic mass is 16.5. The van der Waals surface area contributed by atoms with E-state index in [-0.39, 0.29) is 17.8 Å². The lowest BCUT2D eigenvalue weighted by Gasteiger charge is -2.06.